The molecule has 0 radical (unpaired) electrons. The van der Waals surface area contributed by atoms with E-state index in [1.165, 1.54) is 12.1 Å². The number of nitrogens with two attached hydrogens (primary N) is 1. The number of halogens is 4. The summed E-state index contributed by atoms with van der Waals surface area (Å²) in [5.41, 5.74) is 4.74. The topological polar surface area (TPSA) is 64.9 Å². The summed E-state index contributed by atoms with van der Waals surface area (Å²) in [4.78, 5) is 3.94. The number of hydrogen-bond acceptors (Lipinski definition) is 4. The van der Waals surface area contributed by atoms with Crippen LogP contribution in [0.1, 0.15) is 30.8 Å². The number of rotatable bonds is 3. The van der Waals surface area contributed by atoms with Crippen LogP contribution in [0.5, 0.6) is 0 Å². The van der Waals surface area contributed by atoms with Crippen LogP contribution in [0.15, 0.2) is 27.2 Å². The molecule has 108 valence electrons. The lowest BCUT2D eigenvalue weighted by molar-refractivity contribution is -0.137. The Hall–Kier alpha value is -1.41. The number of aromatic nitrogens is 2. The molecule has 1 heterocycles. The standard InChI is InChI=1S/C12H11BrF3N3O/c1-2-9(17)11-18-10(19-20-11)7-4-3-6(13)5-8(7)12(14,15)16/h3-5,9H,2,17H2,1H3. The van der Waals surface area contributed by atoms with Crippen molar-refractivity contribution in [3.8, 4) is 11.4 Å². The van der Waals surface area contributed by atoms with Gasteiger partial charge in [0, 0.05) is 10.0 Å². The number of nitrogens with zero attached hydrogens (tertiary/aromatic N) is 2. The summed E-state index contributed by atoms with van der Waals surface area (Å²) in [5.74, 6) is 0.00210. The summed E-state index contributed by atoms with van der Waals surface area (Å²) in [6.45, 7) is 1.81. The van der Waals surface area contributed by atoms with Gasteiger partial charge in [-0.1, -0.05) is 28.0 Å². The van der Waals surface area contributed by atoms with E-state index in [9.17, 15) is 13.2 Å². The molecular weight excluding hydrogens is 339 g/mol. The third kappa shape index (κ3) is 3.01. The Labute approximate surface area is 121 Å². The Morgan fingerprint density at radius 3 is 2.70 bits per heavy atom. The van der Waals surface area contributed by atoms with Gasteiger partial charge in [-0.15, -0.1) is 0 Å². The minimum absolute atomic E-state index is 0.122. The predicted molar refractivity (Wildman–Crippen MR) is 69.7 cm³/mol. The van der Waals surface area contributed by atoms with Crippen LogP contribution < -0.4 is 5.73 Å². The van der Waals surface area contributed by atoms with Crippen molar-refractivity contribution >= 4 is 15.9 Å². The molecule has 0 saturated heterocycles. The van der Waals surface area contributed by atoms with Gasteiger partial charge < -0.3 is 10.3 Å². The molecule has 1 aromatic heterocycles. The van der Waals surface area contributed by atoms with Crippen molar-refractivity contribution < 1.29 is 17.7 Å². The number of benzene rings is 1. The highest BCUT2D eigenvalue weighted by atomic mass is 79.9. The Bertz CT molecular complexity index is 612. The zero-order valence-electron chi connectivity index (χ0n) is 10.4. The van der Waals surface area contributed by atoms with Crippen molar-refractivity contribution in [3.05, 3.63) is 34.1 Å². The monoisotopic (exact) mass is 349 g/mol. The van der Waals surface area contributed by atoms with Crippen molar-refractivity contribution in [1.29, 1.82) is 0 Å². The molecule has 1 aromatic carbocycles. The molecule has 0 aliphatic carbocycles. The predicted octanol–water partition coefficient (Wildman–Crippen LogP) is 3.93. The maximum Gasteiger partial charge on any atom is 0.417 e. The lowest BCUT2D eigenvalue weighted by atomic mass is 10.1. The molecule has 0 fully saturated rings. The van der Waals surface area contributed by atoms with Crippen LogP contribution in [0.25, 0.3) is 11.4 Å². The van der Waals surface area contributed by atoms with E-state index >= 15 is 0 Å². The Morgan fingerprint density at radius 2 is 2.10 bits per heavy atom. The van der Waals surface area contributed by atoms with Gasteiger partial charge in [-0.25, -0.2) is 0 Å². The fourth-order valence-corrected chi connectivity index (χ4v) is 1.98. The van der Waals surface area contributed by atoms with E-state index in [1.54, 1.807) is 0 Å². The first kappa shape index (κ1) is 15.0. The molecule has 0 aliphatic heterocycles. The number of hydrogen-bond donors (Lipinski definition) is 1. The first-order valence-corrected chi connectivity index (χ1v) is 6.58. The van der Waals surface area contributed by atoms with Crippen LogP contribution in [-0.4, -0.2) is 10.1 Å². The van der Waals surface area contributed by atoms with Gasteiger partial charge in [-0.2, -0.15) is 18.2 Å². The van der Waals surface area contributed by atoms with Crippen molar-refractivity contribution in [2.75, 3.05) is 0 Å². The van der Waals surface area contributed by atoms with Crippen molar-refractivity contribution in [3.63, 3.8) is 0 Å². The lowest BCUT2D eigenvalue weighted by Gasteiger charge is -2.10. The van der Waals surface area contributed by atoms with Gasteiger partial charge in [0.05, 0.1) is 11.6 Å². The molecule has 20 heavy (non-hydrogen) atoms. The average Bonchev–Trinajstić information content (AvgIpc) is 2.86. The summed E-state index contributed by atoms with van der Waals surface area (Å²) in [6, 6.07) is 3.27. The normalized spacial score (nSPS) is 13.5. The van der Waals surface area contributed by atoms with Crippen LogP contribution in [0.4, 0.5) is 13.2 Å². The summed E-state index contributed by atoms with van der Waals surface area (Å²) in [7, 11) is 0. The molecule has 1 atom stereocenters. The van der Waals surface area contributed by atoms with E-state index in [2.05, 4.69) is 26.1 Å². The minimum atomic E-state index is -4.51. The van der Waals surface area contributed by atoms with E-state index in [-0.39, 0.29) is 17.3 Å². The van der Waals surface area contributed by atoms with Gasteiger partial charge in [-0.3, -0.25) is 0 Å². The smallest absolute Gasteiger partial charge is 0.337 e. The van der Waals surface area contributed by atoms with Crippen LogP contribution in [0.2, 0.25) is 0 Å². The summed E-state index contributed by atoms with van der Waals surface area (Å²) >= 11 is 3.02. The number of alkyl halides is 3. The molecule has 2 rings (SSSR count). The van der Waals surface area contributed by atoms with Gasteiger partial charge in [0.25, 0.3) is 0 Å². The highest BCUT2D eigenvalue weighted by molar-refractivity contribution is 9.10. The van der Waals surface area contributed by atoms with Gasteiger partial charge in [-0.05, 0) is 24.6 Å². The van der Waals surface area contributed by atoms with Crippen LogP contribution in [0.3, 0.4) is 0 Å². The van der Waals surface area contributed by atoms with Gasteiger partial charge >= 0.3 is 6.18 Å². The fourth-order valence-electron chi connectivity index (χ4n) is 1.62. The first-order chi connectivity index (χ1) is 9.32. The van der Waals surface area contributed by atoms with Crippen molar-refractivity contribution in [2.24, 2.45) is 5.73 Å². The molecular formula is C12H11BrF3N3O. The third-order valence-electron chi connectivity index (χ3n) is 2.73. The van der Waals surface area contributed by atoms with Crippen LogP contribution in [0, 0.1) is 0 Å². The summed E-state index contributed by atoms with van der Waals surface area (Å²) < 4.78 is 44.3. The molecule has 8 heteroatoms. The average molecular weight is 350 g/mol. The third-order valence-corrected chi connectivity index (χ3v) is 3.22. The minimum Gasteiger partial charge on any atom is -0.337 e. The van der Waals surface area contributed by atoms with Crippen LogP contribution >= 0.6 is 15.9 Å². The van der Waals surface area contributed by atoms with Crippen molar-refractivity contribution in [1.82, 2.24) is 10.1 Å². The molecule has 2 aromatic rings. The quantitative estimate of drug-likeness (QED) is 0.911. The van der Waals surface area contributed by atoms with E-state index < -0.39 is 17.8 Å². The second-order valence-corrected chi connectivity index (χ2v) is 5.07. The van der Waals surface area contributed by atoms with Gasteiger partial charge in [0.1, 0.15) is 0 Å². The fraction of sp³-hybridized carbons (Fsp3) is 0.333. The molecule has 0 bridgehead atoms. The Morgan fingerprint density at radius 1 is 1.40 bits per heavy atom. The molecule has 1 unspecified atom stereocenters. The Kier molecular flexibility index (Phi) is 4.14. The Balaban J connectivity index is 2.50. The SMILES string of the molecule is CCC(N)c1nc(-c2ccc(Br)cc2C(F)(F)F)no1. The summed E-state index contributed by atoms with van der Waals surface area (Å²) in [5, 5.41) is 3.58. The van der Waals surface area contributed by atoms with E-state index in [4.69, 9.17) is 10.3 Å². The van der Waals surface area contributed by atoms with E-state index in [0.29, 0.717) is 10.9 Å². The molecule has 4 nitrogen and oxygen atoms in total. The highest BCUT2D eigenvalue weighted by Gasteiger charge is 2.35. The lowest BCUT2D eigenvalue weighted by Crippen LogP contribution is -2.09. The van der Waals surface area contributed by atoms with Gasteiger partial charge in [0.2, 0.25) is 11.7 Å². The second kappa shape index (κ2) is 5.53. The molecule has 0 spiro atoms. The largest absolute Gasteiger partial charge is 0.417 e. The zero-order chi connectivity index (χ0) is 14.9. The molecule has 0 saturated carbocycles. The zero-order valence-corrected chi connectivity index (χ0v) is 12.0. The van der Waals surface area contributed by atoms with E-state index in [1.807, 2.05) is 6.92 Å². The second-order valence-electron chi connectivity index (χ2n) is 4.16. The maximum atomic E-state index is 13.0. The maximum absolute atomic E-state index is 13.0. The molecule has 0 amide bonds. The molecule has 0 aliphatic rings. The molecule has 2 N–H and O–H groups in total. The van der Waals surface area contributed by atoms with Gasteiger partial charge in [0.15, 0.2) is 0 Å². The van der Waals surface area contributed by atoms with Crippen LogP contribution in [-0.2, 0) is 6.18 Å². The first-order valence-electron chi connectivity index (χ1n) is 5.79. The van der Waals surface area contributed by atoms with E-state index in [0.717, 1.165) is 6.07 Å². The highest BCUT2D eigenvalue weighted by Crippen LogP contribution is 2.37. The van der Waals surface area contributed by atoms with Crippen molar-refractivity contribution in [2.45, 2.75) is 25.6 Å². The summed E-state index contributed by atoms with van der Waals surface area (Å²) in [6.07, 6.45) is -3.96.